The van der Waals surface area contributed by atoms with Crippen LogP contribution in [0.2, 0.25) is 0 Å². The Morgan fingerprint density at radius 1 is 1.44 bits per heavy atom. The molecule has 0 radical (unpaired) electrons. The summed E-state index contributed by atoms with van der Waals surface area (Å²) in [6, 6.07) is 4.61. The molecular weight excluding hydrogens is 275 g/mol. The summed E-state index contributed by atoms with van der Waals surface area (Å²) in [6.45, 7) is 0. The van der Waals surface area contributed by atoms with Crippen LogP contribution in [0.25, 0.3) is 0 Å². The third-order valence-corrected chi connectivity index (χ3v) is 4.54. The smallest absolute Gasteiger partial charge is 0.244 e. The van der Waals surface area contributed by atoms with Crippen LogP contribution in [0.15, 0.2) is 29.2 Å². The van der Waals surface area contributed by atoms with Gasteiger partial charge in [-0.1, -0.05) is 24.4 Å². The molecule has 0 saturated heterocycles. The van der Waals surface area contributed by atoms with Gasteiger partial charge in [0.25, 0.3) is 0 Å². The summed E-state index contributed by atoms with van der Waals surface area (Å²) in [4.78, 5) is -0.288. The van der Waals surface area contributed by atoms with Gasteiger partial charge in [-0.05, 0) is 30.9 Å². The van der Waals surface area contributed by atoms with Crippen LogP contribution < -0.4 is 10.5 Å². The number of thiocarbonyl (C=S) groups is 1. The number of hydrogen-bond acceptors (Lipinski definition) is 3. The fourth-order valence-corrected chi connectivity index (χ4v) is 3.40. The van der Waals surface area contributed by atoms with Crippen molar-refractivity contribution < 1.29 is 12.8 Å². The fourth-order valence-electron chi connectivity index (χ4n) is 1.71. The molecule has 7 heteroatoms. The minimum absolute atomic E-state index is 0.0948. The molecule has 18 heavy (non-hydrogen) atoms. The number of benzene rings is 1. The SMILES string of the molecule is NC(=S)C(NS(=O)(=O)c1ccccc1F)C1CC1. The van der Waals surface area contributed by atoms with E-state index in [2.05, 4.69) is 4.72 Å². The van der Waals surface area contributed by atoms with E-state index in [-0.39, 0.29) is 15.8 Å². The predicted octanol–water partition coefficient (Wildman–Crippen LogP) is 1.17. The fraction of sp³-hybridized carbons (Fsp3) is 0.364. The average Bonchev–Trinajstić information content (AvgIpc) is 3.10. The highest BCUT2D eigenvalue weighted by Crippen LogP contribution is 2.33. The van der Waals surface area contributed by atoms with Crippen molar-refractivity contribution >= 4 is 27.2 Å². The van der Waals surface area contributed by atoms with Crippen LogP contribution in [0.3, 0.4) is 0 Å². The molecule has 0 aromatic heterocycles. The monoisotopic (exact) mass is 288 g/mol. The molecule has 4 nitrogen and oxygen atoms in total. The number of nitrogens with one attached hydrogen (secondary N) is 1. The predicted molar refractivity (Wildman–Crippen MR) is 70.0 cm³/mol. The minimum Gasteiger partial charge on any atom is -0.392 e. The van der Waals surface area contributed by atoms with Gasteiger partial charge in [0.2, 0.25) is 10.0 Å². The molecule has 1 unspecified atom stereocenters. The second-order valence-corrected chi connectivity index (χ2v) is 6.42. The van der Waals surface area contributed by atoms with Gasteiger partial charge in [-0.3, -0.25) is 0 Å². The van der Waals surface area contributed by atoms with Crippen molar-refractivity contribution in [1.29, 1.82) is 0 Å². The van der Waals surface area contributed by atoms with E-state index in [1.165, 1.54) is 18.2 Å². The lowest BCUT2D eigenvalue weighted by atomic mass is 10.2. The summed E-state index contributed by atoms with van der Waals surface area (Å²) >= 11 is 4.84. The first-order valence-corrected chi connectivity index (χ1v) is 7.37. The standard InChI is InChI=1S/C11H13FN2O2S2/c12-8-3-1-2-4-9(8)18(15,16)14-10(11(13)17)7-5-6-7/h1-4,7,10,14H,5-6H2,(H2,13,17). The number of sulfonamides is 1. The van der Waals surface area contributed by atoms with Crippen molar-refractivity contribution in [3.8, 4) is 0 Å². The van der Waals surface area contributed by atoms with Gasteiger partial charge in [-0.2, -0.15) is 0 Å². The molecular formula is C11H13FN2O2S2. The second-order valence-electron chi connectivity index (χ2n) is 4.27. The van der Waals surface area contributed by atoms with E-state index in [1.54, 1.807) is 0 Å². The highest BCUT2D eigenvalue weighted by atomic mass is 32.2. The molecule has 0 bridgehead atoms. The van der Waals surface area contributed by atoms with Gasteiger partial charge in [-0.15, -0.1) is 0 Å². The lowest BCUT2D eigenvalue weighted by Gasteiger charge is -2.17. The molecule has 0 amide bonds. The Morgan fingerprint density at radius 2 is 2.06 bits per heavy atom. The van der Waals surface area contributed by atoms with Gasteiger partial charge < -0.3 is 5.73 Å². The topological polar surface area (TPSA) is 72.2 Å². The maximum atomic E-state index is 13.5. The maximum absolute atomic E-state index is 13.5. The van der Waals surface area contributed by atoms with E-state index in [0.29, 0.717) is 0 Å². The Bertz CT molecular complexity index is 570. The third kappa shape index (κ3) is 2.85. The zero-order valence-corrected chi connectivity index (χ0v) is 11.1. The summed E-state index contributed by atoms with van der Waals surface area (Å²) in [7, 11) is -3.93. The molecule has 1 aromatic carbocycles. The van der Waals surface area contributed by atoms with Crippen LogP contribution >= 0.6 is 12.2 Å². The molecule has 3 N–H and O–H groups in total. The van der Waals surface area contributed by atoms with Gasteiger partial charge in [0.15, 0.2) is 0 Å². The first-order valence-electron chi connectivity index (χ1n) is 5.48. The van der Waals surface area contributed by atoms with Gasteiger partial charge >= 0.3 is 0 Å². The van der Waals surface area contributed by atoms with Crippen LogP contribution in [0, 0.1) is 11.7 Å². The number of rotatable bonds is 5. The van der Waals surface area contributed by atoms with Crippen molar-refractivity contribution in [3.63, 3.8) is 0 Å². The molecule has 2 rings (SSSR count). The quantitative estimate of drug-likeness (QED) is 0.798. The lowest BCUT2D eigenvalue weighted by Crippen LogP contribution is -2.45. The zero-order valence-electron chi connectivity index (χ0n) is 9.47. The maximum Gasteiger partial charge on any atom is 0.244 e. The van der Waals surface area contributed by atoms with Gasteiger partial charge in [0.1, 0.15) is 10.7 Å². The van der Waals surface area contributed by atoms with Crippen molar-refractivity contribution in [2.75, 3.05) is 0 Å². The van der Waals surface area contributed by atoms with Crippen molar-refractivity contribution in [2.45, 2.75) is 23.8 Å². The van der Waals surface area contributed by atoms with Crippen LogP contribution in [-0.2, 0) is 10.0 Å². The van der Waals surface area contributed by atoms with Crippen LogP contribution in [0.4, 0.5) is 4.39 Å². The van der Waals surface area contributed by atoms with Crippen LogP contribution in [0.5, 0.6) is 0 Å². The summed E-state index contributed by atoms with van der Waals surface area (Å²) in [6.07, 6.45) is 1.75. The molecule has 1 aromatic rings. The Hall–Kier alpha value is -1.05. The summed E-state index contributed by atoms with van der Waals surface area (Å²) in [5.74, 6) is -0.661. The first kappa shape index (κ1) is 13.4. The molecule has 1 saturated carbocycles. The lowest BCUT2D eigenvalue weighted by molar-refractivity contribution is 0.546. The van der Waals surface area contributed by atoms with Gasteiger partial charge in [0.05, 0.1) is 11.0 Å². The normalized spacial score (nSPS) is 17.4. The largest absolute Gasteiger partial charge is 0.392 e. The minimum atomic E-state index is -3.93. The van der Waals surface area contributed by atoms with Crippen LogP contribution in [-0.4, -0.2) is 19.4 Å². The summed E-state index contributed by atoms with van der Waals surface area (Å²) in [5, 5.41) is 0. The van der Waals surface area contributed by atoms with E-state index >= 15 is 0 Å². The Labute approximate surface area is 110 Å². The Balaban J connectivity index is 2.26. The van der Waals surface area contributed by atoms with E-state index < -0.39 is 21.9 Å². The number of halogens is 1. The average molecular weight is 288 g/mol. The molecule has 0 spiro atoms. The number of nitrogens with two attached hydrogens (primary N) is 1. The molecule has 0 aliphatic heterocycles. The zero-order chi connectivity index (χ0) is 13.3. The third-order valence-electron chi connectivity index (χ3n) is 2.81. The molecule has 0 heterocycles. The Morgan fingerprint density at radius 3 is 2.56 bits per heavy atom. The molecule has 1 atom stereocenters. The van der Waals surface area contributed by atoms with E-state index in [9.17, 15) is 12.8 Å². The van der Waals surface area contributed by atoms with Crippen LogP contribution in [0.1, 0.15) is 12.8 Å². The van der Waals surface area contributed by atoms with Crippen molar-refractivity contribution in [1.82, 2.24) is 4.72 Å². The van der Waals surface area contributed by atoms with E-state index in [1.807, 2.05) is 0 Å². The van der Waals surface area contributed by atoms with Gasteiger partial charge in [0, 0.05) is 0 Å². The summed E-state index contributed by atoms with van der Waals surface area (Å²) in [5.41, 5.74) is 5.51. The Kier molecular flexibility index (Phi) is 3.65. The van der Waals surface area contributed by atoms with Crippen molar-refractivity contribution in [3.05, 3.63) is 30.1 Å². The van der Waals surface area contributed by atoms with Gasteiger partial charge in [-0.25, -0.2) is 17.5 Å². The van der Waals surface area contributed by atoms with E-state index in [0.717, 1.165) is 18.9 Å². The molecule has 1 fully saturated rings. The molecule has 1 aliphatic rings. The highest BCUT2D eigenvalue weighted by molar-refractivity contribution is 7.89. The first-order chi connectivity index (χ1) is 8.42. The molecule has 98 valence electrons. The highest BCUT2D eigenvalue weighted by Gasteiger charge is 2.36. The summed E-state index contributed by atoms with van der Waals surface area (Å²) < 4.78 is 39.9. The van der Waals surface area contributed by atoms with E-state index in [4.69, 9.17) is 18.0 Å². The molecule has 1 aliphatic carbocycles. The van der Waals surface area contributed by atoms with Crippen molar-refractivity contribution in [2.24, 2.45) is 11.7 Å². The number of hydrogen-bond donors (Lipinski definition) is 2. The second kappa shape index (κ2) is 4.91.